The summed E-state index contributed by atoms with van der Waals surface area (Å²) < 4.78 is 0. The molecule has 0 unspecified atom stereocenters. The molecule has 0 radical (unpaired) electrons. The predicted octanol–water partition coefficient (Wildman–Crippen LogP) is 1.79. The van der Waals surface area contributed by atoms with Crippen LogP contribution in [0.5, 0.6) is 0 Å². The van der Waals surface area contributed by atoms with E-state index in [-0.39, 0.29) is 0 Å². The van der Waals surface area contributed by atoms with Gasteiger partial charge in [-0.05, 0) is 31.4 Å². The van der Waals surface area contributed by atoms with Crippen molar-refractivity contribution in [1.29, 1.82) is 0 Å². The summed E-state index contributed by atoms with van der Waals surface area (Å²) in [7, 11) is 0. The Balaban J connectivity index is 1.64. The lowest BCUT2D eigenvalue weighted by Crippen LogP contribution is -2.29. The number of likely N-dealkylation sites (tertiary alicyclic amines) is 1. The quantitative estimate of drug-likeness (QED) is 0.811. The molecule has 1 N–H and O–H groups in total. The molecule has 86 valence electrons. The van der Waals surface area contributed by atoms with E-state index < -0.39 is 0 Å². The molecule has 3 rings (SSSR count). The van der Waals surface area contributed by atoms with Gasteiger partial charge in [0.2, 0.25) is 0 Å². The molecule has 0 aromatic heterocycles. The molecule has 2 heterocycles. The number of hydrogen-bond acceptors (Lipinski definition) is 2. The maximum atomic E-state index is 3.60. The molecule has 2 aliphatic rings. The van der Waals surface area contributed by atoms with Crippen molar-refractivity contribution in [3.05, 3.63) is 35.4 Å². The fourth-order valence-corrected chi connectivity index (χ4v) is 3.14. The Morgan fingerprint density at radius 2 is 2.31 bits per heavy atom. The molecule has 0 bridgehead atoms. The molecule has 0 saturated carbocycles. The number of aryl methyl sites for hydroxylation is 1. The van der Waals surface area contributed by atoms with Crippen molar-refractivity contribution in [2.45, 2.75) is 25.9 Å². The second-order valence-corrected chi connectivity index (χ2v) is 5.29. The molecule has 2 aliphatic heterocycles. The van der Waals surface area contributed by atoms with Crippen LogP contribution in [0.1, 0.15) is 17.5 Å². The molecular formula is C14H20N2. The number of fused-ring (bicyclic) bond motifs is 1. The normalized spacial score (nSPS) is 29.6. The lowest BCUT2D eigenvalue weighted by Gasteiger charge is -2.17. The highest BCUT2D eigenvalue weighted by atomic mass is 15.2. The van der Waals surface area contributed by atoms with Crippen LogP contribution in [-0.2, 0) is 6.54 Å². The number of rotatable bonds is 2. The minimum Gasteiger partial charge on any atom is -0.312 e. The summed E-state index contributed by atoms with van der Waals surface area (Å²) in [6.45, 7) is 7.04. The van der Waals surface area contributed by atoms with Gasteiger partial charge in [0.1, 0.15) is 0 Å². The number of nitrogens with zero attached hydrogens (tertiary/aromatic N) is 1. The van der Waals surface area contributed by atoms with E-state index in [1.807, 2.05) is 0 Å². The number of hydrogen-bond donors (Lipinski definition) is 1. The zero-order valence-corrected chi connectivity index (χ0v) is 9.95. The Morgan fingerprint density at radius 3 is 3.12 bits per heavy atom. The molecule has 0 spiro atoms. The summed E-state index contributed by atoms with van der Waals surface area (Å²) in [5.74, 6) is 0.907. The van der Waals surface area contributed by atoms with E-state index in [1.165, 1.54) is 37.2 Å². The van der Waals surface area contributed by atoms with Gasteiger partial charge in [0, 0.05) is 25.7 Å². The lowest BCUT2D eigenvalue weighted by atomic mass is 10.1. The van der Waals surface area contributed by atoms with Crippen molar-refractivity contribution in [2.24, 2.45) is 5.92 Å². The minimum atomic E-state index is 0.768. The van der Waals surface area contributed by atoms with Gasteiger partial charge in [-0.3, -0.25) is 4.90 Å². The topological polar surface area (TPSA) is 15.3 Å². The van der Waals surface area contributed by atoms with Crippen LogP contribution < -0.4 is 5.32 Å². The van der Waals surface area contributed by atoms with Gasteiger partial charge in [0.25, 0.3) is 0 Å². The van der Waals surface area contributed by atoms with Crippen LogP contribution in [0, 0.1) is 12.8 Å². The average Bonchev–Trinajstić information content (AvgIpc) is 2.77. The van der Waals surface area contributed by atoms with E-state index in [1.54, 1.807) is 0 Å². The highest BCUT2D eigenvalue weighted by Gasteiger charge is 2.35. The van der Waals surface area contributed by atoms with Crippen molar-refractivity contribution in [1.82, 2.24) is 10.2 Å². The molecule has 1 aromatic rings. The van der Waals surface area contributed by atoms with Crippen molar-refractivity contribution in [3.8, 4) is 0 Å². The van der Waals surface area contributed by atoms with Crippen molar-refractivity contribution >= 4 is 0 Å². The summed E-state index contributed by atoms with van der Waals surface area (Å²) >= 11 is 0. The second-order valence-electron chi connectivity index (χ2n) is 5.29. The SMILES string of the molecule is Cc1cccc(CN2C[C@H]3CCN[C@H]3C2)c1. The van der Waals surface area contributed by atoms with Crippen LogP contribution in [0.3, 0.4) is 0 Å². The Kier molecular flexibility index (Phi) is 2.70. The maximum Gasteiger partial charge on any atom is 0.0236 e. The summed E-state index contributed by atoms with van der Waals surface area (Å²) in [6.07, 6.45) is 1.37. The van der Waals surface area contributed by atoms with Crippen LogP contribution in [0.4, 0.5) is 0 Å². The monoisotopic (exact) mass is 216 g/mol. The largest absolute Gasteiger partial charge is 0.312 e. The number of benzene rings is 1. The van der Waals surface area contributed by atoms with E-state index >= 15 is 0 Å². The Bertz CT molecular complexity index is 363. The smallest absolute Gasteiger partial charge is 0.0236 e. The summed E-state index contributed by atoms with van der Waals surface area (Å²) in [6, 6.07) is 9.66. The van der Waals surface area contributed by atoms with E-state index in [2.05, 4.69) is 41.4 Å². The third-order valence-electron chi connectivity index (χ3n) is 3.93. The summed E-state index contributed by atoms with van der Waals surface area (Å²) in [4.78, 5) is 2.59. The minimum absolute atomic E-state index is 0.768. The Hall–Kier alpha value is -0.860. The van der Waals surface area contributed by atoms with Crippen LogP contribution in [-0.4, -0.2) is 30.6 Å². The van der Waals surface area contributed by atoms with Crippen LogP contribution in [0.2, 0.25) is 0 Å². The molecule has 2 saturated heterocycles. The fourth-order valence-electron chi connectivity index (χ4n) is 3.14. The highest BCUT2D eigenvalue weighted by molar-refractivity contribution is 5.22. The Morgan fingerprint density at radius 1 is 1.38 bits per heavy atom. The second kappa shape index (κ2) is 4.19. The summed E-state index contributed by atoms with van der Waals surface area (Å²) in [5, 5.41) is 3.60. The predicted molar refractivity (Wildman–Crippen MR) is 66.4 cm³/mol. The zero-order chi connectivity index (χ0) is 11.0. The standard InChI is InChI=1S/C14H20N2/c1-11-3-2-4-12(7-11)8-16-9-13-5-6-15-14(13)10-16/h2-4,7,13-15H,5-6,8-10H2,1H3/t13-,14+/m1/s1. The first kappa shape index (κ1) is 10.3. The van der Waals surface area contributed by atoms with Crippen molar-refractivity contribution < 1.29 is 0 Å². The van der Waals surface area contributed by atoms with Crippen molar-refractivity contribution in [3.63, 3.8) is 0 Å². The molecule has 2 atom stereocenters. The first-order valence-corrected chi connectivity index (χ1v) is 6.32. The molecular weight excluding hydrogens is 196 g/mol. The highest BCUT2D eigenvalue weighted by Crippen LogP contribution is 2.25. The first-order chi connectivity index (χ1) is 7.81. The van der Waals surface area contributed by atoms with Crippen LogP contribution >= 0.6 is 0 Å². The van der Waals surface area contributed by atoms with Crippen molar-refractivity contribution in [2.75, 3.05) is 19.6 Å². The van der Waals surface area contributed by atoms with E-state index in [0.29, 0.717) is 0 Å². The van der Waals surface area contributed by atoms with Gasteiger partial charge in [-0.15, -0.1) is 0 Å². The first-order valence-electron chi connectivity index (χ1n) is 6.32. The molecule has 1 aromatic carbocycles. The van der Waals surface area contributed by atoms with Gasteiger partial charge < -0.3 is 5.32 Å². The third-order valence-corrected chi connectivity index (χ3v) is 3.93. The van der Waals surface area contributed by atoms with Crippen LogP contribution in [0.15, 0.2) is 24.3 Å². The number of nitrogens with one attached hydrogen (secondary N) is 1. The molecule has 2 fully saturated rings. The average molecular weight is 216 g/mol. The fraction of sp³-hybridized carbons (Fsp3) is 0.571. The van der Waals surface area contributed by atoms with Gasteiger partial charge >= 0.3 is 0 Å². The van der Waals surface area contributed by atoms with E-state index in [4.69, 9.17) is 0 Å². The molecule has 0 amide bonds. The van der Waals surface area contributed by atoms with Gasteiger partial charge in [0.05, 0.1) is 0 Å². The third kappa shape index (κ3) is 2.00. The van der Waals surface area contributed by atoms with Gasteiger partial charge in [-0.25, -0.2) is 0 Å². The van der Waals surface area contributed by atoms with Gasteiger partial charge in [-0.1, -0.05) is 29.8 Å². The van der Waals surface area contributed by atoms with E-state index in [9.17, 15) is 0 Å². The molecule has 0 aliphatic carbocycles. The van der Waals surface area contributed by atoms with Crippen LogP contribution in [0.25, 0.3) is 0 Å². The Labute approximate surface area is 97.6 Å². The zero-order valence-electron chi connectivity index (χ0n) is 9.95. The van der Waals surface area contributed by atoms with E-state index in [0.717, 1.165) is 18.5 Å². The van der Waals surface area contributed by atoms with Gasteiger partial charge in [0.15, 0.2) is 0 Å². The molecule has 16 heavy (non-hydrogen) atoms. The lowest BCUT2D eigenvalue weighted by molar-refractivity contribution is 0.306. The molecule has 2 nitrogen and oxygen atoms in total. The summed E-state index contributed by atoms with van der Waals surface area (Å²) in [5.41, 5.74) is 2.83. The maximum absolute atomic E-state index is 3.60. The molecule has 2 heteroatoms. The van der Waals surface area contributed by atoms with Gasteiger partial charge in [-0.2, -0.15) is 0 Å².